The number of nitrogens with zero attached hydrogens (tertiary/aromatic N) is 1. The molecule has 1 fully saturated rings. The third-order valence-electron chi connectivity index (χ3n) is 4.05. The monoisotopic (exact) mass is 288 g/mol. The van der Waals surface area contributed by atoms with Crippen molar-refractivity contribution in [2.45, 2.75) is 51.4 Å². The second kappa shape index (κ2) is 8.02. The van der Waals surface area contributed by atoms with Gasteiger partial charge in [-0.1, -0.05) is 6.92 Å². The summed E-state index contributed by atoms with van der Waals surface area (Å²) < 4.78 is 11.4. The average molecular weight is 288 g/mol. The van der Waals surface area contributed by atoms with Crippen LogP contribution in [0.5, 0.6) is 5.75 Å². The molecule has 1 saturated carbocycles. The van der Waals surface area contributed by atoms with Crippen molar-refractivity contribution in [2.24, 2.45) is 0 Å². The quantitative estimate of drug-likeness (QED) is 0.874. The van der Waals surface area contributed by atoms with E-state index in [1.165, 1.54) is 12.8 Å². The number of hydrogen-bond donors (Lipinski definition) is 1. The zero-order chi connectivity index (χ0) is 15.1. The van der Waals surface area contributed by atoms with Crippen molar-refractivity contribution in [1.82, 2.24) is 5.32 Å². The van der Waals surface area contributed by atoms with Gasteiger partial charge in [-0.2, -0.15) is 5.26 Å². The summed E-state index contributed by atoms with van der Waals surface area (Å²) in [5.41, 5.74) is 1.59. The molecule has 0 aliphatic heterocycles. The molecule has 0 atom stereocenters. The van der Waals surface area contributed by atoms with Gasteiger partial charge in [-0.3, -0.25) is 0 Å². The molecule has 1 aromatic carbocycles. The predicted molar refractivity (Wildman–Crippen MR) is 82.2 cm³/mol. The molecule has 2 rings (SSSR count). The molecule has 0 radical (unpaired) electrons. The van der Waals surface area contributed by atoms with Crippen molar-refractivity contribution in [3.8, 4) is 11.8 Å². The third kappa shape index (κ3) is 4.45. The van der Waals surface area contributed by atoms with E-state index in [2.05, 4.69) is 18.3 Å². The normalized spacial score (nSPS) is 21.8. The summed E-state index contributed by atoms with van der Waals surface area (Å²) in [6, 6.07) is 8.25. The molecule has 0 spiro atoms. The molecule has 21 heavy (non-hydrogen) atoms. The summed E-state index contributed by atoms with van der Waals surface area (Å²) in [7, 11) is 1.65. The van der Waals surface area contributed by atoms with E-state index in [1.54, 1.807) is 13.2 Å². The number of nitrogens with one attached hydrogen (secondary N) is 1. The first-order valence-electron chi connectivity index (χ1n) is 7.68. The Kier molecular flexibility index (Phi) is 6.04. The van der Waals surface area contributed by atoms with E-state index in [0.29, 0.717) is 24.3 Å². The van der Waals surface area contributed by atoms with Crippen LogP contribution < -0.4 is 10.1 Å². The zero-order valence-electron chi connectivity index (χ0n) is 12.9. The van der Waals surface area contributed by atoms with Crippen LogP contribution in [0.1, 0.15) is 43.7 Å². The van der Waals surface area contributed by atoms with E-state index in [4.69, 9.17) is 14.7 Å². The summed E-state index contributed by atoms with van der Waals surface area (Å²) in [6.07, 6.45) is 4.85. The smallest absolute Gasteiger partial charge is 0.124 e. The number of benzene rings is 1. The molecule has 0 unspecified atom stereocenters. The SMILES string of the molecule is CCNC1CCC(OCc2cc(C#N)ccc2OC)CC1. The van der Waals surface area contributed by atoms with Crippen LogP contribution in [-0.4, -0.2) is 25.8 Å². The molecule has 0 bridgehead atoms. The first-order chi connectivity index (χ1) is 10.3. The van der Waals surface area contributed by atoms with Gasteiger partial charge in [0.15, 0.2) is 0 Å². The van der Waals surface area contributed by atoms with E-state index in [1.807, 2.05) is 12.1 Å². The van der Waals surface area contributed by atoms with Crippen LogP contribution >= 0.6 is 0 Å². The molecule has 0 saturated heterocycles. The average Bonchev–Trinajstić information content (AvgIpc) is 2.54. The molecule has 4 nitrogen and oxygen atoms in total. The molecule has 114 valence electrons. The van der Waals surface area contributed by atoms with Crippen molar-refractivity contribution in [1.29, 1.82) is 5.26 Å². The van der Waals surface area contributed by atoms with Gasteiger partial charge < -0.3 is 14.8 Å². The Balaban J connectivity index is 1.87. The fourth-order valence-electron chi connectivity index (χ4n) is 2.89. The van der Waals surface area contributed by atoms with Crippen molar-refractivity contribution in [3.63, 3.8) is 0 Å². The molecular formula is C17H24N2O2. The number of rotatable bonds is 6. The van der Waals surface area contributed by atoms with Gasteiger partial charge in [-0.25, -0.2) is 0 Å². The van der Waals surface area contributed by atoms with Gasteiger partial charge in [0.2, 0.25) is 0 Å². The Hall–Kier alpha value is -1.57. The lowest BCUT2D eigenvalue weighted by Crippen LogP contribution is -2.35. The lowest BCUT2D eigenvalue weighted by atomic mass is 9.93. The minimum absolute atomic E-state index is 0.315. The standard InChI is InChI=1S/C17H24N2O2/c1-3-19-15-5-7-16(8-6-15)21-12-14-10-13(11-18)4-9-17(14)20-2/h4,9-10,15-16,19H,3,5-8,12H2,1-2H3. The van der Waals surface area contributed by atoms with Crippen LogP contribution in [0.15, 0.2) is 18.2 Å². The second-order valence-electron chi connectivity index (χ2n) is 5.48. The summed E-state index contributed by atoms with van der Waals surface area (Å²) >= 11 is 0. The molecule has 1 aliphatic carbocycles. The highest BCUT2D eigenvalue weighted by Crippen LogP contribution is 2.25. The number of hydrogen-bond acceptors (Lipinski definition) is 4. The topological polar surface area (TPSA) is 54.3 Å². The fraction of sp³-hybridized carbons (Fsp3) is 0.588. The highest BCUT2D eigenvalue weighted by atomic mass is 16.5. The molecular weight excluding hydrogens is 264 g/mol. The van der Waals surface area contributed by atoms with Crippen LogP contribution in [0.25, 0.3) is 0 Å². The van der Waals surface area contributed by atoms with Gasteiger partial charge in [0.25, 0.3) is 0 Å². The molecule has 4 heteroatoms. The Morgan fingerprint density at radius 3 is 2.67 bits per heavy atom. The molecule has 1 aliphatic rings. The molecule has 1 aromatic rings. The van der Waals surface area contributed by atoms with Crippen LogP contribution in [0, 0.1) is 11.3 Å². The molecule has 0 heterocycles. The van der Waals surface area contributed by atoms with Crippen molar-refractivity contribution in [3.05, 3.63) is 29.3 Å². The maximum absolute atomic E-state index is 8.98. The highest BCUT2D eigenvalue weighted by Gasteiger charge is 2.21. The Bertz CT molecular complexity index is 488. The second-order valence-corrected chi connectivity index (χ2v) is 5.48. The lowest BCUT2D eigenvalue weighted by molar-refractivity contribution is 0.0107. The Labute approximate surface area is 127 Å². The van der Waals surface area contributed by atoms with E-state index >= 15 is 0 Å². The van der Waals surface area contributed by atoms with E-state index < -0.39 is 0 Å². The maximum atomic E-state index is 8.98. The molecule has 1 N–H and O–H groups in total. The van der Waals surface area contributed by atoms with E-state index in [0.717, 1.165) is 30.7 Å². The lowest BCUT2D eigenvalue weighted by Gasteiger charge is -2.29. The number of methoxy groups -OCH3 is 1. The van der Waals surface area contributed by atoms with Crippen LogP contribution in [0.4, 0.5) is 0 Å². The van der Waals surface area contributed by atoms with Crippen molar-refractivity contribution < 1.29 is 9.47 Å². The van der Waals surface area contributed by atoms with Gasteiger partial charge in [0.05, 0.1) is 31.5 Å². The summed E-state index contributed by atoms with van der Waals surface area (Å²) in [5.74, 6) is 0.787. The number of ether oxygens (including phenoxy) is 2. The van der Waals surface area contributed by atoms with Crippen LogP contribution in [0.2, 0.25) is 0 Å². The van der Waals surface area contributed by atoms with Gasteiger partial charge in [0, 0.05) is 11.6 Å². The predicted octanol–water partition coefficient (Wildman–Crippen LogP) is 3.00. The van der Waals surface area contributed by atoms with Gasteiger partial charge >= 0.3 is 0 Å². The highest BCUT2D eigenvalue weighted by molar-refractivity contribution is 5.41. The zero-order valence-corrected chi connectivity index (χ0v) is 12.9. The van der Waals surface area contributed by atoms with Crippen molar-refractivity contribution >= 4 is 0 Å². The summed E-state index contributed by atoms with van der Waals surface area (Å²) in [6.45, 7) is 3.70. The van der Waals surface area contributed by atoms with Crippen molar-refractivity contribution in [2.75, 3.05) is 13.7 Å². The maximum Gasteiger partial charge on any atom is 0.124 e. The Morgan fingerprint density at radius 1 is 1.29 bits per heavy atom. The first-order valence-corrected chi connectivity index (χ1v) is 7.68. The van der Waals surface area contributed by atoms with Gasteiger partial charge in [0.1, 0.15) is 5.75 Å². The first kappa shape index (κ1) is 15.8. The minimum atomic E-state index is 0.315. The van der Waals surface area contributed by atoms with E-state index in [9.17, 15) is 0 Å². The number of nitriles is 1. The third-order valence-corrected chi connectivity index (χ3v) is 4.05. The largest absolute Gasteiger partial charge is 0.496 e. The Morgan fingerprint density at radius 2 is 2.05 bits per heavy atom. The van der Waals surface area contributed by atoms with Gasteiger partial charge in [-0.15, -0.1) is 0 Å². The van der Waals surface area contributed by atoms with Crippen LogP contribution in [-0.2, 0) is 11.3 Å². The van der Waals surface area contributed by atoms with E-state index in [-0.39, 0.29) is 0 Å². The minimum Gasteiger partial charge on any atom is -0.496 e. The fourth-order valence-corrected chi connectivity index (χ4v) is 2.89. The molecule has 0 amide bonds. The van der Waals surface area contributed by atoms with Gasteiger partial charge in [-0.05, 0) is 50.4 Å². The summed E-state index contributed by atoms with van der Waals surface area (Å²) in [4.78, 5) is 0. The van der Waals surface area contributed by atoms with Crippen LogP contribution in [0.3, 0.4) is 0 Å². The molecule has 0 aromatic heterocycles. The summed E-state index contributed by atoms with van der Waals surface area (Å²) in [5, 5.41) is 12.5.